The molecule has 0 fully saturated rings. The number of rotatable bonds is 7. The Hall–Kier alpha value is -2.44. The SMILES string of the molecule is CC(=O)N[C@@H](Cc1cccc(F)c1)C(=O)N[C@@H](C(N)=O)C(C)C. The molecule has 0 aliphatic carbocycles. The fraction of sp³-hybridized carbons (Fsp3) is 0.438. The van der Waals surface area contributed by atoms with Gasteiger partial charge in [-0.25, -0.2) is 4.39 Å². The van der Waals surface area contributed by atoms with Crippen LogP contribution in [0.15, 0.2) is 24.3 Å². The number of hydrogen-bond acceptors (Lipinski definition) is 3. The number of halogens is 1. The first-order chi connectivity index (χ1) is 10.7. The number of nitrogens with one attached hydrogen (secondary N) is 2. The van der Waals surface area contributed by atoms with Crippen LogP contribution in [0, 0.1) is 11.7 Å². The van der Waals surface area contributed by atoms with Crippen molar-refractivity contribution in [3.05, 3.63) is 35.6 Å². The van der Waals surface area contributed by atoms with Crippen molar-refractivity contribution >= 4 is 17.7 Å². The number of amides is 3. The van der Waals surface area contributed by atoms with E-state index in [0.717, 1.165) is 0 Å². The van der Waals surface area contributed by atoms with Crippen molar-refractivity contribution in [3.63, 3.8) is 0 Å². The van der Waals surface area contributed by atoms with Gasteiger partial charge < -0.3 is 16.4 Å². The lowest BCUT2D eigenvalue weighted by Gasteiger charge is -2.23. The highest BCUT2D eigenvalue weighted by Crippen LogP contribution is 2.08. The third-order valence-corrected chi connectivity index (χ3v) is 3.29. The van der Waals surface area contributed by atoms with Crippen LogP contribution in [0.4, 0.5) is 4.39 Å². The van der Waals surface area contributed by atoms with Gasteiger partial charge in [0.1, 0.15) is 17.9 Å². The maximum atomic E-state index is 13.3. The Kier molecular flexibility index (Phi) is 6.68. The zero-order valence-corrected chi connectivity index (χ0v) is 13.4. The minimum absolute atomic E-state index is 0.104. The van der Waals surface area contributed by atoms with E-state index in [2.05, 4.69) is 10.6 Å². The van der Waals surface area contributed by atoms with Crippen LogP contribution in [0.5, 0.6) is 0 Å². The van der Waals surface area contributed by atoms with Crippen molar-refractivity contribution in [2.45, 2.75) is 39.3 Å². The Morgan fingerprint density at radius 1 is 1.22 bits per heavy atom. The summed E-state index contributed by atoms with van der Waals surface area (Å²) in [6.07, 6.45) is 0.104. The smallest absolute Gasteiger partial charge is 0.243 e. The van der Waals surface area contributed by atoms with Crippen molar-refractivity contribution in [3.8, 4) is 0 Å². The van der Waals surface area contributed by atoms with Crippen molar-refractivity contribution in [2.75, 3.05) is 0 Å². The largest absolute Gasteiger partial charge is 0.368 e. The van der Waals surface area contributed by atoms with Crippen LogP contribution in [-0.4, -0.2) is 29.8 Å². The number of carbonyl (C=O) groups excluding carboxylic acids is 3. The molecule has 7 heteroatoms. The topological polar surface area (TPSA) is 101 Å². The molecule has 0 saturated heterocycles. The third kappa shape index (κ3) is 6.06. The van der Waals surface area contributed by atoms with E-state index in [1.54, 1.807) is 19.9 Å². The molecule has 126 valence electrons. The molecule has 0 aromatic heterocycles. The first-order valence-corrected chi connectivity index (χ1v) is 7.32. The summed E-state index contributed by atoms with van der Waals surface area (Å²) in [6, 6.07) is 3.99. The van der Waals surface area contributed by atoms with Crippen LogP contribution in [0.3, 0.4) is 0 Å². The van der Waals surface area contributed by atoms with Gasteiger partial charge in [0.2, 0.25) is 17.7 Å². The molecule has 0 saturated carbocycles. The number of carbonyl (C=O) groups is 3. The zero-order valence-electron chi connectivity index (χ0n) is 13.4. The van der Waals surface area contributed by atoms with E-state index in [1.165, 1.54) is 25.1 Å². The summed E-state index contributed by atoms with van der Waals surface area (Å²) >= 11 is 0. The number of nitrogens with two attached hydrogens (primary N) is 1. The van der Waals surface area contributed by atoms with Gasteiger partial charge in [0.15, 0.2) is 0 Å². The molecular formula is C16H22FN3O3. The highest BCUT2D eigenvalue weighted by atomic mass is 19.1. The van der Waals surface area contributed by atoms with Gasteiger partial charge in [-0.2, -0.15) is 0 Å². The molecule has 4 N–H and O–H groups in total. The van der Waals surface area contributed by atoms with E-state index in [0.29, 0.717) is 5.56 Å². The number of benzene rings is 1. The molecule has 0 radical (unpaired) electrons. The molecule has 1 aromatic rings. The second-order valence-corrected chi connectivity index (χ2v) is 5.72. The first kappa shape index (κ1) is 18.6. The fourth-order valence-electron chi connectivity index (χ4n) is 2.17. The molecule has 0 aliphatic rings. The second kappa shape index (κ2) is 8.26. The minimum atomic E-state index is -0.921. The average molecular weight is 323 g/mol. The van der Waals surface area contributed by atoms with Crippen LogP contribution in [0.1, 0.15) is 26.3 Å². The Labute approximate surface area is 134 Å². The molecule has 1 aromatic carbocycles. The van der Waals surface area contributed by atoms with Gasteiger partial charge in [-0.05, 0) is 23.6 Å². The van der Waals surface area contributed by atoms with E-state index >= 15 is 0 Å². The molecular weight excluding hydrogens is 301 g/mol. The third-order valence-electron chi connectivity index (χ3n) is 3.29. The summed E-state index contributed by atoms with van der Waals surface area (Å²) in [6.45, 7) is 4.77. The monoisotopic (exact) mass is 323 g/mol. The zero-order chi connectivity index (χ0) is 17.6. The highest BCUT2D eigenvalue weighted by Gasteiger charge is 2.27. The summed E-state index contributed by atoms with van der Waals surface area (Å²) in [5.41, 5.74) is 5.82. The first-order valence-electron chi connectivity index (χ1n) is 7.32. The molecule has 23 heavy (non-hydrogen) atoms. The molecule has 3 amide bonds. The predicted molar refractivity (Wildman–Crippen MR) is 83.7 cm³/mol. The van der Waals surface area contributed by atoms with Gasteiger partial charge in [0.25, 0.3) is 0 Å². The standard InChI is InChI=1S/C16H22FN3O3/c1-9(2)14(15(18)22)20-16(23)13(19-10(3)21)8-11-5-4-6-12(17)7-11/h4-7,9,13-14H,8H2,1-3H3,(H2,18,22)(H,19,21)(H,20,23)/t13-,14+/m0/s1. The van der Waals surface area contributed by atoms with Gasteiger partial charge in [0.05, 0.1) is 0 Å². The van der Waals surface area contributed by atoms with Gasteiger partial charge in [0, 0.05) is 13.3 Å². The molecule has 6 nitrogen and oxygen atoms in total. The van der Waals surface area contributed by atoms with E-state index in [-0.39, 0.29) is 12.3 Å². The van der Waals surface area contributed by atoms with Crippen LogP contribution >= 0.6 is 0 Å². The molecule has 0 spiro atoms. The Morgan fingerprint density at radius 2 is 1.87 bits per heavy atom. The summed E-state index contributed by atoms with van der Waals surface area (Å²) < 4.78 is 13.3. The van der Waals surface area contributed by atoms with Crippen molar-refractivity contribution in [1.82, 2.24) is 10.6 Å². The fourth-order valence-corrected chi connectivity index (χ4v) is 2.17. The normalized spacial score (nSPS) is 13.3. The molecule has 0 heterocycles. The number of hydrogen-bond donors (Lipinski definition) is 3. The summed E-state index contributed by atoms with van der Waals surface area (Å²) in [5, 5.41) is 5.04. The maximum Gasteiger partial charge on any atom is 0.243 e. The summed E-state index contributed by atoms with van der Waals surface area (Å²) in [5.74, 6) is -2.21. The summed E-state index contributed by atoms with van der Waals surface area (Å²) in [7, 11) is 0. The molecule has 1 rings (SSSR count). The molecule has 2 atom stereocenters. The molecule has 0 bridgehead atoms. The maximum absolute atomic E-state index is 13.3. The molecule has 0 unspecified atom stereocenters. The van der Waals surface area contributed by atoms with Crippen LogP contribution in [0.25, 0.3) is 0 Å². The number of primary amides is 1. The predicted octanol–water partition coefficient (Wildman–Crippen LogP) is 0.499. The van der Waals surface area contributed by atoms with E-state index < -0.39 is 35.6 Å². The Balaban J connectivity index is 2.90. The Morgan fingerprint density at radius 3 is 2.35 bits per heavy atom. The quantitative estimate of drug-likeness (QED) is 0.681. The van der Waals surface area contributed by atoms with Gasteiger partial charge in [-0.3, -0.25) is 14.4 Å². The lowest BCUT2D eigenvalue weighted by Crippen LogP contribution is -2.55. The lowest BCUT2D eigenvalue weighted by atomic mass is 10.0. The minimum Gasteiger partial charge on any atom is -0.368 e. The van der Waals surface area contributed by atoms with Crippen LogP contribution in [-0.2, 0) is 20.8 Å². The van der Waals surface area contributed by atoms with Gasteiger partial charge in [-0.15, -0.1) is 0 Å². The lowest BCUT2D eigenvalue weighted by molar-refractivity contribution is -0.131. The van der Waals surface area contributed by atoms with Gasteiger partial charge >= 0.3 is 0 Å². The van der Waals surface area contributed by atoms with Crippen molar-refractivity contribution < 1.29 is 18.8 Å². The van der Waals surface area contributed by atoms with E-state index in [1.807, 2.05) is 0 Å². The van der Waals surface area contributed by atoms with E-state index in [4.69, 9.17) is 5.73 Å². The Bertz CT molecular complexity index is 590. The van der Waals surface area contributed by atoms with Crippen LogP contribution < -0.4 is 16.4 Å². The average Bonchev–Trinajstić information content (AvgIpc) is 2.42. The molecule has 0 aliphatic heterocycles. The summed E-state index contributed by atoms with van der Waals surface area (Å²) in [4.78, 5) is 35.1. The van der Waals surface area contributed by atoms with Crippen molar-refractivity contribution in [2.24, 2.45) is 11.7 Å². The van der Waals surface area contributed by atoms with Crippen LogP contribution in [0.2, 0.25) is 0 Å². The van der Waals surface area contributed by atoms with Crippen molar-refractivity contribution in [1.29, 1.82) is 0 Å². The second-order valence-electron chi connectivity index (χ2n) is 5.72. The van der Waals surface area contributed by atoms with Gasteiger partial charge in [-0.1, -0.05) is 26.0 Å². The van der Waals surface area contributed by atoms with E-state index in [9.17, 15) is 18.8 Å². The highest BCUT2D eigenvalue weighted by molar-refractivity contribution is 5.91.